The van der Waals surface area contributed by atoms with Crippen molar-refractivity contribution in [1.29, 1.82) is 0 Å². The SMILES string of the molecule is C=CC(=O)OC1CCCC(OC)O1. The van der Waals surface area contributed by atoms with Crippen LogP contribution in [0.2, 0.25) is 0 Å². The lowest BCUT2D eigenvalue weighted by atomic mass is 10.2. The second-order valence-corrected chi connectivity index (χ2v) is 2.80. The number of ether oxygens (including phenoxy) is 3. The fourth-order valence-corrected chi connectivity index (χ4v) is 1.19. The van der Waals surface area contributed by atoms with Crippen molar-refractivity contribution in [2.45, 2.75) is 31.8 Å². The first-order chi connectivity index (χ1) is 6.26. The fourth-order valence-electron chi connectivity index (χ4n) is 1.19. The highest BCUT2D eigenvalue weighted by atomic mass is 16.8. The maximum atomic E-state index is 10.8. The Kier molecular flexibility index (Phi) is 3.92. The number of esters is 1. The van der Waals surface area contributed by atoms with Gasteiger partial charge in [0.1, 0.15) is 0 Å². The molecule has 0 radical (unpaired) electrons. The number of carbonyl (C=O) groups excluding carboxylic acids is 1. The number of carbonyl (C=O) groups is 1. The van der Waals surface area contributed by atoms with Crippen LogP contribution in [0.25, 0.3) is 0 Å². The average molecular weight is 186 g/mol. The maximum absolute atomic E-state index is 10.8. The molecule has 1 rings (SSSR count). The molecule has 2 unspecified atom stereocenters. The highest BCUT2D eigenvalue weighted by Gasteiger charge is 2.23. The minimum absolute atomic E-state index is 0.253. The fraction of sp³-hybridized carbons (Fsp3) is 0.667. The topological polar surface area (TPSA) is 44.8 Å². The predicted molar refractivity (Wildman–Crippen MR) is 45.8 cm³/mol. The number of hydrogen-bond donors (Lipinski definition) is 0. The Hall–Kier alpha value is -0.870. The van der Waals surface area contributed by atoms with Gasteiger partial charge in [0.2, 0.25) is 6.29 Å². The maximum Gasteiger partial charge on any atom is 0.332 e. The van der Waals surface area contributed by atoms with E-state index in [-0.39, 0.29) is 6.29 Å². The van der Waals surface area contributed by atoms with Gasteiger partial charge < -0.3 is 14.2 Å². The minimum atomic E-state index is -0.482. The van der Waals surface area contributed by atoms with Gasteiger partial charge in [0.25, 0.3) is 0 Å². The van der Waals surface area contributed by atoms with E-state index in [1.54, 1.807) is 7.11 Å². The summed E-state index contributed by atoms with van der Waals surface area (Å²) in [5.74, 6) is -0.457. The molecule has 4 nitrogen and oxygen atoms in total. The Morgan fingerprint density at radius 1 is 1.54 bits per heavy atom. The molecule has 0 N–H and O–H groups in total. The summed E-state index contributed by atoms with van der Waals surface area (Å²) in [6.45, 7) is 3.30. The number of methoxy groups -OCH3 is 1. The molecule has 0 amide bonds. The van der Waals surface area contributed by atoms with Crippen LogP contribution in [0, 0.1) is 0 Å². The van der Waals surface area contributed by atoms with Crippen molar-refractivity contribution < 1.29 is 19.0 Å². The summed E-state index contributed by atoms with van der Waals surface area (Å²) in [5.41, 5.74) is 0. The summed E-state index contributed by atoms with van der Waals surface area (Å²) < 4.78 is 15.2. The summed E-state index contributed by atoms with van der Waals surface area (Å²) in [6.07, 6.45) is 2.89. The molecule has 0 aliphatic carbocycles. The van der Waals surface area contributed by atoms with Crippen LogP contribution in [0.1, 0.15) is 19.3 Å². The van der Waals surface area contributed by atoms with E-state index in [2.05, 4.69) is 6.58 Å². The molecule has 0 aromatic carbocycles. The van der Waals surface area contributed by atoms with Gasteiger partial charge in [-0.05, 0) is 12.8 Å². The Morgan fingerprint density at radius 2 is 2.23 bits per heavy atom. The average Bonchev–Trinajstić information content (AvgIpc) is 2.18. The second-order valence-electron chi connectivity index (χ2n) is 2.80. The smallest absolute Gasteiger partial charge is 0.332 e. The molecule has 0 bridgehead atoms. The molecular formula is C9H14O4. The van der Waals surface area contributed by atoms with E-state index in [0.717, 1.165) is 25.3 Å². The van der Waals surface area contributed by atoms with Crippen molar-refractivity contribution in [3.63, 3.8) is 0 Å². The molecular weight excluding hydrogens is 172 g/mol. The van der Waals surface area contributed by atoms with E-state index in [9.17, 15) is 4.79 Å². The normalized spacial score (nSPS) is 28.1. The van der Waals surface area contributed by atoms with E-state index in [1.165, 1.54) is 0 Å². The van der Waals surface area contributed by atoms with Gasteiger partial charge in [-0.25, -0.2) is 4.79 Å². The Labute approximate surface area is 77.5 Å². The van der Waals surface area contributed by atoms with Gasteiger partial charge in [-0.2, -0.15) is 0 Å². The summed E-state index contributed by atoms with van der Waals surface area (Å²) in [4.78, 5) is 10.8. The second kappa shape index (κ2) is 4.99. The highest BCUT2D eigenvalue weighted by molar-refractivity contribution is 5.81. The van der Waals surface area contributed by atoms with Crippen molar-refractivity contribution in [3.05, 3.63) is 12.7 Å². The van der Waals surface area contributed by atoms with E-state index >= 15 is 0 Å². The molecule has 1 aliphatic rings. The molecule has 1 fully saturated rings. The van der Waals surface area contributed by atoms with Crippen molar-refractivity contribution in [3.8, 4) is 0 Å². The van der Waals surface area contributed by atoms with Crippen LogP contribution in [0.5, 0.6) is 0 Å². The van der Waals surface area contributed by atoms with Gasteiger partial charge in [0, 0.05) is 19.6 Å². The molecule has 0 aromatic rings. The lowest BCUT2D eigenvalue weighted by molar-refractivity contribution is -0.251. The van der Waals surface area contributed by atoms with Crippen LogP contribution in [0.4, 0.5) is 0 Å². The summed E-state index contributed by atoms with van der Waals surface area (Å²) in [7, 11) is 1.57. The van der Waals surface area contributed by atoms with Crippen molar-refractivity contribution in [1.82, 2.24) is 0 Å². The van der Waals surface area contributed by atoms with Crippen LogP contribution < -0.4 is 0 Å². The van der Waals surface area contributed by atoms with Crippen molar-refractivity contribution >= 4 is 5.97 Å². The first-order valence-electron chi connectivity index (χ1n) is 4.27. The molecule has 74 valence electrons. The molecule has 2 atom stereocenters. The van der Waals surface area contributed by atoms with Gasteiger partial charge in [-0.3, -0.25) is 0 Å². The summed E-state index contributed by atoms with van der Waals surface area (Å²) >= 11 is 0. The first kappa shape index (κ1) is 10.2. The molecule has 13 heavy (non-hydrogen) atoms. The third-order valence-corrected chi connectivity index (χ3v) is 1.86. The van der Waals surface area contributed by atoms with E-state index in [1.807, 2.05) is 0 Å². The molecule has 1 saturated heterocycles. The van der Waals surface area contributed by atoms with Gasteiger partial charge in [0.15, 0.2) is 6.29 Å². The minimum Gasteiger partial charge on any atom is -0.433 e. The summed E-state index contributed by atoms with van der Waals surface area (Å²) in [6, 6.07) is 0. The van der Waals surface area contributed by atoms with Crippen LogP contribution in [0.3, 0.4) is 0 Å². The molecule has 0 aromatic heterocycles. The Morgan fingerprint density at radius 3 is 2.85 bits per heavy atom. The predicted octanol–water partition coefficient (Wildman–Crippen LogP) is 1.21. The van der Waals surface area contributed by atoms with Crippen LogP contribution in [0.15, 0.2) is 12.7 Å². The number of hydrogen-bond acceptors (Lipinski definition) is 4. The van der Waals surface area contributed by atoms with Crippen molar-refractivity contribution in [2.75, 3.05) is 7.11 Å². The molecule has 1 heterocycles. The van der Waals surface area contributed by atoms with Crippen LogP contribution in [-0.2, 0) is 19.0 Å². The molecule has 1 aliphatic heterocycles. The summed E-state index contributed by atoms with van der Waals surface area (Å²) in [5, 5.41) is 0. The first-order valence-corrected chi connectivity index (χ1v) is 4.27. The molecule has 0 saturated carbocycles. The van der Waals surface area contributed by atoms with Gasteiger partial charge >= 0.3 is 5.97 Å². The lowest BCUT2D eigenvalue weighted by Crippen LogP contribution is -2.31. The van der Waals surface area contributed by atoms with E-state index in [0.29, 0.717) is 0 Å². The lowest BCUT2D eigenvalue weighted by Gasteiger charge is -2.27. The Balaban J connectivity index is 2.33. The largest absolute Gasteiger partial charge is 0.433 e. The van der Waals surface area contributed by atoms with Crippen LogP contribution >= 0.6 is 0 Å². The van der Waals surface area contributed by atoms with E-state index in [4.69, 9.17) is 14.2 Å². The highest BCUT2D eigenvalue weighted by Crippen LogP contribution is 2.20. The molecule has 4 heteroatoms. The third kappa shape index (κ3) is 3.16. The monoisotopic (exact) mass is 186 g/mol. The quantitative estimate of drug-likeness (QED) is 0.491. The van der Waals surface area contributed by atoms with E-state index < -0.39 is 12.3 Å². The Bertz CT molecular complexity index is 190. The standard InChI is InChI=1S/C9H14O4/c1-3-7(10)12-9-6-4-5-8(11-2)13-9/h3,8-9H,1,4-6H2,2H3. The zero-order valence-corrected chi connectivity index (χ0v) is 7.69. The number of rotatable bonds is 3. The van der Waals surface area contributed by atoms with Gasteiger partial charge in [-0.15, -0.1) is 0 Å². The zero-order valence-electron chi connectivity index (χ0n) is 7.69. The third-order valence-electron chi connectivity index (χ3n) is 1.86. The van der Waals surface area contributed by atoms with Gasteiger partial charge in [0.05, 0.1) is 0 Å². The van der Waals surface area contributed by atoms with Gasteiger partial charge in [-0.1, -0.05) is 6.58 Å². The zero-order chi connectivity index (χ0) is 9.68. The van der Waals surface area contributed by atoms with Crippen LogP contribution in [-0.4, -0.2) is 25.7 Å². The molecule has 0 spiro atoms. The van der Waals surface area contributed by atoms with Crippen molar-refractivity contribution in [2.24, 2.45) is 0 Å².